The summed E-state index contributed by atoms with van der Waals surface area (Å²) in [5.74, 6) is 1.58. The van der Waals surface area contributed by atoms with Crippen LogP contribution in [-0.2, 0) is 0 Å². The number of aliphatic hydroxyl groups excluding tert-OH is 1. The number of ether oxygens (including phenoxy) is 2. The lowest BCUT2D eigenvalue weighted by Crippen LogP contribution is -2.51. The van der Waals surface area contributed by atoms with E-state index >= 15 is 0 Å². The van der Waals surface area contributed by atoms with E-state index in [1.165, 1.54) is 0 Å². The Labute approximate surface area is 126 Å². The molecule has 0 bridgehead atoms. The van der Waals surface area contributed by atoms with Crippen molar-refractivity contribution in [2.24, 2.45) is 0 Å². The predicted octanol–water partition coefficient (Wildman–Crippen LogP) is 2.75. The molecule has 4 nitrogen and oxygen atoms in total. The summed E-state index contributed by atoms with van der Waals surface area (Å²) in [5.41, 5.74) is 0.651. The number of benzene rings is 1. The Hall–Kier alpha value is -1.26. The molecule has 0 aliphatic carbocycles. The molecule has 2 aliphatic rings. The molecule has 2 aliphatic heterocycles. The number of hydrogen-bond donors (Lipinski definition) is 1. The molecule has 1 N–H and O–H groups in total. The monoisotopic (exact) mass is 291 g/mol. The minimum atomic E-state index is -0.463. The zero-order valence-corrected chi connectivity index (χ0v) is 13.1. The van der Waals surface area contributed by atoms with Crippen molar-refractivity contribution in [3.05, 3.63) is 23.8 Å². The summed E-state index contributed by atoms with van der Waals surface area (Å²) in [5, 5.41) is 10.5. The molecule has 1 aromatic carbocycles. The summed E-state index contributed by atoms with van der Waals surface area (Å²) >= 11 is 0. The maximum atomic E-state index is 10.5. The highest BCUT2D eigenvalue weighted by Gasteiger charge is 2.43. The second-order valence-corrected chi connectivity index (χ2v) is 6.54. The number of piperidine rings is 1. The van der Waals surface area contributed by atoms with E-state index in [2.05, 4.69) is 18.7 Å². The number of likely N-dealkylation sites (tertiary alicyclic amines) is 1. The first-order chi connectivity index (χ1) is 10.0. The third-order valence-electron chi connectivity index (χ3n) is 4.91. The number of hydrogen-bond acceptors (Lipinski definition) is 4. The van der Waals surface area contributed by atoms with Gasteiger partial charge in [-0.1, -0.05) is 0 Å². The Morgan fingerprint density at radius 3 is 2.67 bits per heavy atom. The molecule has 1 atom stereocenters. The van der Waals surface area contributed by atoms with Gasteiger partial charge in [0.2, 0.25) is 0 Å². The van der Waals surface area contributed by atoms with Crippen LogP contribution in [0.5, 0.6) is 11.5 Å². The topological polar surface area (TPSA) is 41.9 Å². The molecule has 1 aromatic rings. The average molecular weight is 291 g/mol. The Morgan fingerprint density at radius 2 is 2.05 bits per heavy atom. The highest BCUT2D eigenvalue weighted by atomic mass is 16.5. The molecule has 0 unspecified atom stereocenters. The Kier molecular flexibility index (Phi) is 3.84. The number of rotatable bonds is 2. The molecular weight excluding hydrogens is 266 g/mol. The van der Waals surface area contributed by atoms with E-state index in [0.717, 1.165) is 43.0 Å². The van der Waals surface area contributed by atoms with Crippen molar-refractivity contribution < 1.29 is 14.6 Å². The first kappa shape index (κ1) is 14.7. The second-order valence-electron chi connectivity index (χ2n) is 6.54. The highest BCUT2D eigenvalue weighted by Crippen LogP contribution is 2.45. The van der Waals surface area contributed by atoms with Crippen molar-refractivity contribution >= 4 is 0 Å². The van der Waals surface area contributed by atoms with Crippen molar-refractivity contribution in [2.75, 3.05) is 20.2 Å². The highest BCUT2D eigenvalue weighted by molar-refractivity contribution is 5.43. The van der Waals surface area contributed by atoms with E-state index < -0.39 is 6.10 Å². The molecule has 3 rings (SSSR count). The lowest BCUT2D eigenvalue weighted by molar-refractivity contribution is -0.0580. The Bertz CT molecular complexity index is 507. The van der Waals surface area contributed by atoms with Crippen LogP contribution in [0.15, 0.2) is 18.2 Å². The summed E-state index contributed by atoms with van der Waals surface area (Å²) in [6.07, 6.45) is 2.18. The smallest absolute Gasteiger partial charge is 0.126 e. The maximum Gasteiger partial charge on any atom is 0.126 e. The van der Waals surface area contributed by atoms with Gasteiger partial charge in [-0.15, -0.1) is 0 Å². The van der Waals surface area contributed by atoms with Crippen molar-refractivity contribution in [2.45, 2.75) is 50.9 Å². The van der Waals surface area contributed by atoms with Crippen LogP contribution in [0.2, 0.25) is 0 Å². The molecule has 0 radical (unpaired) electrons. The summed E-state index contributed by atoms with van der Waals surface area (Å²) < 4.78 is 11.5. The van der Waals surface area contributed by atoms with Crippen LogP contribution in [0.4, 0.5) is 0 Å². The quantitative estimate of drug-likeness (QED) is 0.910. The average Bonchev–Trinajstić information content (AvgIpc) is 2.47. The summed E-state index contributed by atoms with van der Waals surface area (Å²) in [4.78, 5) is 2.48. The van der Waals surface area contributed by atoms with Gasteiger partial charge in [-0.25, -0.2) is 0 Å². The van der Waals surface area contributed by atoms with Crippen LogP contribution in [0.25, 0.3) is 0 Å². The van der Waals surface area contributed by atoms with Crippen molar-refractivity contribution in [3.8, 4) is 11.5 Å². The third-order valence-corrected chi connectivity index (χ3v) is 4.91. The van der Waals surface area contributed by atoms with Crippen molar-refractivity contribution in [1.29, 1.82) is 0 Å². The SMILES string of the molecule is COc1ccc2c(c1)[C@H](O)CC1(CCN(C(C)C)CC1)O2. The van der Waals surface area contributed by atoms with E-state index in [-0.39, 0.29) is 5.60 Å². The van der Waals surface area contributed by atoms with Gasteiger partial charge in [-0.2, -0.15) is 0 Å². The van der Waals surface area contributed by atoms with Crippen LogP contribution >= 0.6 is 0 Å². The van der Waals surface area contributed by atoms with Gasteiger partial charge < -0.3 is 19.5 Å². The summed E-state index contributed by atoms with van der Waals surface area (Å²) in [7, 11) is 1.64. The molecule has 1 spiro atoms. The molecule has 0 amide bonds. The largest absolute Gasteiger partial charge is 0.497 e. The van der Waals surface area contributed by atoms with Crippen molar-refractivity contribution in [1.82, 2.24) is 4.90 Å². The van der Waals surface area contributed by atoms with Gasteiger partial charge in [-0.3, -0.25) is 0 Å². The van der Waals surface area contributed by atoms with E-state index in [4.69, 9.17) is 9.47 Å². The zero-order valence-electron chi connectivity index (χ0n) is 13.1. The van der Waals surface area contributed by atoms with E-state index in [9.17, 15) is 5.11 Å². The molecule has 0 saturated carbocycles. The van der Waals surface area contributed by atoms with Gasteiger partial charge >= 0.3 is 0 Å². The lowest BCUT2D eigenvalue weighted by Gasteiger charge is -2.46. The molecule has 21 heavy (non-hydrogen) atoms. The fourth-order valence-corrected chi connectivity index (χ4v) is 3.50. The summed E-state index contributed by atoms with van der Waals surface area (Å²) in [6.45, 7) is 6.54. The maximum absolute atomic E-state index is 10.5. The standard InChI is InChI=1S/C17H25NO3/c1-12(2)18-8-6-17(7-9-18)11-15(19)14-10-13(20-3)4-5-16(14)21-17/h4-5,10,12,15,19H,6-9,11H2,1-3H3/t15-/m1/s1. The fraction of sp³-hybridized carbons (Fsp3) is 0.647. The van der Waals surface area contributed by atoms with E-state index in [1.807, 2.05) is 18.2 Å². The molecule has 4 heteroatoms. The van der Waals surface area contributed by atoms with Crippen LogP contribution in [0.3, 0.4) is 0 Å². The predicted molar refractivity (Wildman–Crippen MR) is 81.9 cm³/mol. The van der Waals surface area contributed by atoms with Gasteiger partial charge in [0, 0.05) is 31.1 Å². The number of aliphatic hydroxyl groups is 1. The normalized spacial score (nSPS) is 24.7. The molecular formula is C17H25NO3. The molecule has 0 aromatic heterocycles. The Morgan fingerprint density at radius 1 is 1.33 bits per heavy atom. The van der Waals surface area contributed by atoms with Gasteiger partial charge in [0.05, 0.1) is 13.2 Å². The van der Waals surface area contributed by atoms with Gasteiger partial charge in [0.1, 0.15) is 17.1 Å². The molecule has 1 fully saturated rings. The Balaban J connectivity index is 1.79. The summed E-state index contributed by atoms with van der Waals surface area (Å²) in [6, 6.07) is 6.28. The number of fused-ring (bicyclic) bond motifs is 1. The van der Waals surface area contributed by atoms with Gasteiger partial charge in [-0.05, 0) is 44.9 Å². The molecule has 1 saturated heterocycles. The number of nitrogens with zero attached hydrogens (tertiary/aromatic N) is 1. The van der Waals surface area contributed by atoms with E-state index in [1.54, 1.807) is 7.11 Å². The molecule has 2 heterocycles. The molecule has 116 valence electrons. The first-order valence-electron chi connectivity index (χ1n) is 7.82. The number of methoxy groups -OCH3 is 1. The van der Waals surface area contributed by atoms with Gasteiger partial charge in [0.15, 0.2) is 0 Å². The van der Waals surface area contributed by atoms with Gasteiger partial charge in [0.25, 0.3) is 0 Å². The third kappa shape index (κ3) is 2.74. The fourth-order valence-electron chi connectivity index (χ4n) is 3.50. The minimum absolute atomic E-state index is 0.202. The van der Waals surface area contributed by atoms with Crippen LogP contribution in [0, 0.1) is 0 Å². The minimum Gasteiger partial charge on any atom is -0.497 e. The first-order valence-corrected chi connectivity index (χ1v) is 7.82. The second kappa shape index (κ2) is 5.50. The van der Waals surface area contributed by atoms with Crippen LogP contribution < -0.4 is 9.47 Å². The van der Waals surface area contributed by atoms with E-state index in [0.29, 0.717) is 12.5 Å². The van der Waals surface area contributed by atoms with Crippen LogP contribution in [-0.4, -0.2) is 41.8 Å². The van der Waals surface area contributed by atoms with Crippen LogP contribution in [0.1, 0.15) is 44.8 Å². The van der Waals surface area contributed by atoms with Crippen molar-refractivity contribution in [3.63, 3.8) is 0 Å². The lowest BCUT2D eigenvalue weighted by atomic mass is 9.81. The zero-order chi connectivity index (χ0) is 15.0.